The molecule has 0 aliphatic carbocycles. The van der Waals surface area contributed by atoms with Gasteiger partial charge in [-0.05, 0) is 19.4 Å². The lowest BCUT2D eigenvalue weighted by atomic mass is 9.93. The van der Waals surface area contributed by atoms with E-state index < -0.39 is 0 Å². The number of hydrogen-bond acceptors (Lipinski definition) is 3. The average molecular weight is 251 g/mol. The predicted octanol–water partition coefficient (Wildman–Crippen LogP) is 2.96. The molecule has 2 heterocycles. The third-order valence-electron chi connectivity index (χ3n) is 3.37. The quantitative estimate of drug-likeness (QED) is 0.855. The molecule has 94 valence electrons. The molecule has 0 aliphatic heterocycles. The van der Waals surface area contributed by atoms with Gasteiger partial charge >= 0.3 is 0 Å². The summed E-state index contributed by atoms with van der Waals surface area (Å²) < 4.78 is 2.11. The van der Waals surface area contributed by atoms with Gasteiger partial charge in [-0.25, -0.2) is 4.98 Å². The largest absolute Gasteiger partial charge is 0.316 e. The Morgan fingerprint density at radius 3 is 3.00 bits per heavy atom. The van der Waals surface area contributed by atoms with Gasteiger partial charge in [0.1, 0.15) is 0 Å². The van der Waals surface area contributed by atoms with E-state index in [-0.39, 0.29) is 0 Å². The fourth-order valence-corrected chi connectivity index (χ4v) is 3.06. The van der Waals surface area contributed by atoms with Crippen molar-refractivity contribution < 1.29 is 0 Å². The van der Waals surface area contributed by atoms with Gasteiger partial charge in [-0.3, -0.25) is 4.40 Å². The lowest BCUT2D eigenvalue weighted by molar-refractivity contribution is 0.370. The van der Waals surface area contributed by atoms with E-state index in [2.05, 4.69) is 53.4 Å². The van der Waals surface area contributed by atoms with Crippen molar-refractivity contribution in [3.63, 3.8) is 0 Å². The minimum atomic E-state index is 0.527. The first kappa shape index (κ1) is 12.6. The number of nitrogens with zero attached hydrogens (tertiary/aromatic N) is 2. The molecule has 2 aromatic rings. The second-order valence-corrected chi connectivity index (χ2v) is 5.56. The molecule has 0 aliphatic rings. The molecular formula is C13H21N3S. The maximum absolute atomic E-state index is 4.64. The summed E-state index contributed by atoms with van der Waals surface area (Å²) in [5, 5.41) is 5.50. The van der Waals surface area contributed by atoms with Gasteiger partial charge in [-0.2, -0.15) is 0 Å². The second kappa shape index (κ2) is 5.65. The predicted molar refractivity (Wildman–Crippen MR) is 73.7 cm³/mol. The highest BCUT2D eigenvalue weighted by molar-refractivity contribution is 7.15. The van der Waals surface area contributed by atoms with Crippen LogP contribution in [0.3, 0.4) is 0 Å². The van der Waals surface area contributed by atoms with E-state index in [1.165, 1.54) is 18.5 Å². The van der Waals surface area contributed by atoms with Crippen LogP contribution in [0.5, 0.6) is 0 Å². The number of hydrogen-bond donors (Lipinski definition) is 1. The van der Waals surface area contributed by atoms with Gasteiger partial charge in [0.25, 0.3) is 0 Å². The fraction of sp³-hybridized carbons (Fsp3) is 0.615. The molecule has 2 atom stereocenters. The maximum atomic E-state index is 4.64. The van der Waals surface area contributed by atoms with Gasteiger partial charge in [-0.15, -0.1) is 11.3 Å². The highest BCUT2D eigenvalue weighted by atomic mass is 32.1. The number of thiazole rings is 1. The molecule has 2 aromatic heterocycles. The van der Waals surface area contributed by atoms with E-state index in [1.54, 1.807) is 11.3 Å². The van der Waals surface area contributed by atoms with E-state index in [9.17, 15) is 0 Å². The van der Waals surface area contributed by atoms with E-state index in [4.69, 9.17) is 0 Å². The lowest BCUT2D eigenvalue weighted by Crippen LogP contribution is -2.34. The molecule has 0 spiro atoms. The zero-order valence-electron chi connectivity index (χ0n) is 10.8. The van der Waals surface area contributed by atoms with Gasteiger partial charge in [0, 0.05) is 30.2 Å². The Morgan fingerprint density at radius 1 is 1.53 bits per heavy atom. The molecule has 3 nitrogen and oxygen atoms in total. The van der Waals surface area contributed by atoms with Crippen molar-refractivity contribution in [1.82, 2.24) is 14.7 Å². The van der Waals surface area contributed by atoms with Crippen molar-refractivity contribution in [3.8, 4) is 0 Å². The summed E-state index contributed by atoms with van der Waals surface area (Å²) in [4.78, 5) is 5.74. The first-order valence-corrected chi connectivity index (χ1v) is 7.21. The summed E-state index contributed by atoms with van der Waals surface area (Å²) in [7, 11) is 2.05. The van der Waals surface area contributed by atoms with Gasteiger partial charge in [0.2, 0.25) is 0 Å². The molecule has 0 radical (unpaired) electrons. The topological polar surface area (TPSA) is 29.3 Å². The van der Waals surface area contributed by atoms with Crippen LogP contribution in [0.2, 0.25) is 0 Å². The number of fused-ring (bicyclic) bond motifs is 1. The number of rotatable bonds is 6. The summed E-state index contributed by atoms with van der Waals surface area (Å²) in [5.41, 5.74) is 1.19. The van der Waals surface area contributed by atoms with Crippen LogP contribution in [0.1, 0.15) is 32.4 Å². The van der Waals surface area contributed by atoms with E-state index in [0.717, 1.165) is 11.4 Å². The Balaban J connectivity index is 2.05. The fourth-order valence-electron chi connectivity index (χ4n) is 2.34. The minimum Gasteiger partial charge on any atom is -0.316 e. The monoisotopic (exact) mass is 251 g/mol. The third-order valence-corrected chi connectivity index (χ3v) is 4.14. The van der Waals surface area contributed by atoms with Crippen LogP contribution in [0.15, 0.2) is 17.8 Å². The van der Waals surface area contributed by atoms with E-state index in [1.807, 2.05) is 0 Å². The minimum absolute atomic E-state index is 0.527. The summed E-state index contributed by atoms with van der Waals surface area (Å²) in [6, 6.07) is 0.527. The Bertz CT molecular complexity index is 431. The van der Waals surface area contributed by atoms with Crippen LogP contribution in [0, 0.1) is 5.92 Å². The maximum Gasteiger partial charge on any atom is 0.193 e. The molecule has 0 saturated heterocycles. The number of nitrogens with one attached hydrogen (secondary N) is 1. The van der Waals surface area contributed by atoms with Crippen LogP contribution in [0.25, 0.3) is 4.96 Å². The smallest absolute Gasteiger partial charge is 0.193 e. The van der Waals surface area contributed by atoms with Gasteiger partial charge in [0.15, 0.2) is 4.96 Å². The number of imidazole rings is 1. The molecule has 0 saturated carbocycles. The molecule has 17 heavy (non-hydrogen) atoms. The van der Waals surface area contributed by atoms with Crippen LogP contribution < -0.4 is 5.32 Å². The summed E-state index contributed by atoms with van der Waals surface area (Å²) >= 11 is 1.69. The van der Waals surface area contributed by atoms with Gasteiger partial charge in [0.05, 0.1) is 5.69 Å². The molecule has 4 heteroatoms. The second-order valence-electron chi connectivity index (χ2n) is 4.69. The van der Waals surface area contributed by atoms with Gasteiger partial charge < -0.3 is 5.32 Å². The standard InChI is InChI=1S/C13H21N3S/c1-4-5-10(2)12(14-3)8-11-9-16-6-7-17-13(16)15-11/h6-7,9-10,12,14H,4-5,8H2,1-3H3. The SMILES string of the molecule is CCCC(C)C(Cc1cn2ccsc2n1)NC. The Kier molecular flexibility index (Phi) is 4.18. The first-order valence-electron chi connectivity index (χ1n) is 6.33. The highest BCUT2D eigenvalue weighted by Gasteiger charge is 2.16. The molecule has 1 N–H and O–H groups in total. The Morgan fingerprint density at radius 2 is 2.35 bits per heavy atom. The summed E-state index contributed by atoms with van der Waals surface area (Å²) in [6.45, 7) is 4.57. The summed E-state index contributed by atoms with van der Waals surface area (Å²) in [5.74, 6) is 0.699. The van der Waals surface area contributed by atoms with Crippen LogP contribution in [-0.2, 0) is 6.42 Å². The molecule has 0 fully saturated rings. The van der Waals surface area contributed by atoms with Crippen LogP contribution >= 0.6 is 11.3 Å². The highest BCUT2D eigenvalue weighted by Crippen LogP contribution is 2.17. The van der Waals surface area contributed by atoms with Gasteiger partial charge in [-0.1, -0.05) is 20.3 Å². The third kappa shape index (κ3) is 2.87. The van der Waals surface area contributed by atoms with Crippen molar-refractivity contribution in [3.05, 3.63) is 23.5 Å². The molecular weight excluding hydrogens is 230 g/mol. The Hall–Kier alpha value is -0.870. The normalized spacial score (nSPS) is 15.2. The van der Waals surface area contributed by atoms with Crippen molar-refractivity contribution >= 4 is 16.3 Å². The van der Waals surface area contributed by atoms with E-state index in [0.29, 0.717) is 12.0 Å². The molecule has 2 unspecified atom stereocenters. The van der Waals surface area contributed by atoms with Crippen LogP contribution in [0.4, 0.5) is 0 Å². The first-order chi connectivity index (χ1) is 8.24. The average Bonchev–Trinajstić information content (AvgIpc) is 2.86. The number of likely N-dealkylation sites (N-methyl/N-ethyl adjacent to an activating group) is 1. The zero-order valence-corrected chi connectivity index (χ0v) is 11.6. The molecule has 0 bridgehead atoms. The van der Waals surface area contributed by atoms with Crippen LogP contribution in [-0.4, -0.2) is 22.5 Å². The van der Waals surface area contributed by atoms with E-state index >= 15 is 0 Å². The van der Waals surface area contributed by atoms with Crippen molar-refractivity contribution in [1.29, 1.82) is 0 Å². The number of aromatic nitrogens is 2. The van der Waals surface area contributed by atoms with Crippen molar-refractivity contribution in [2.24, 2.45) is 5.92 Å². The van der Waals surface area contributed by atoms with Crippen molar-refractivity contribution in [2.75, 3.05) is 7.05 Å². The Labute approximate surface area is 107 Å². The molecule has 0 aromatic carbocycles. The lowest BCUT2D eigenvalue weighted by Gasteiger charge is -2.22. The molecule has 2 rings (SSSR count). The van der Waals surface area contributed by atoms with Crippen molar-refractivity contribution in [2.45, 2.75) is 39.2 Å². The molecule has 0 amide bonds. The zero-order chi connectivity index (χ0) is 12.3. The summed E-state index contributed by atoms with van der Waals surface area (Å²) in [6.07, 6.45) is 7.76.